The molecular weight excluding hydrogens is 602 g/mol. The van der Waals surface area contributed by atoms with Gasteiger partial charge in [-0.15, -0.1) is 0 Å². The molecule has 1 N–H and O–H groups in total. The summed E-state index contributed by atoms with van der Waals surface area (Å²) in [6.45, 7) is 7.51. The lowest BCUT2D eigenvalue weighted by molar-refractivity contribution is -0.145. The fourth-order valence-corrected chi connectivity index (χ4v) is 5.37. The van der Waals surface area contributed by atoms with Crippen molar-refractivity contribution >= 4 is 12.1 Å². The number of carbonyl (C=O) groups is 2. The van der Waals surface area contributed by atoms with Gasteiger partial charge in [0.2, 0.25) is 0 Å². The molecule has 0 aromatic heterocycles. The zero-order valence-electron chi connectivity index (χ0n) is 28.2. The molecule has 0 spiro atoms. The maximum absolute atomic E-state index is 12.2. The van der Waals surface area contributed by atoms with E-state index in [9.17, 15) is 9.59 Å². The first-order chi connectivity index (χ1) is 23.2. The number of nitrogens with one attached hydrogen (secondary N) is 1. The monoisotopic (exact) mass is 657 g/mol. The van der Waals surface area contributed by atoms with Crippen LogP contribution in [0.1, 0.15) is 75.3 Å². The van der Waals surface area contributed by atoms with Crippen LogP contribution in [0.4, 0.5) is 4.79 Å². The molecule has 262 valence electrons. The van der Waals surface area contributed by atoms with Gasteiger partial charge in [0.05, 0.1) is 66.1 Å². The van der Waals surface area contributed by atoms with Gasteiger partial charge >= 0.3 is 12.1 Å². The highest BCUT2D eigenvalue weighted by molar-refractivity contribution is 5.79. The van der Waals surface area contributed by atoms with E-state index in [4.69, 9.17) is 33.2 Å². The third kappa shape index (κ3) is 16.1. The highest BCUT2D eigenvalue weighted by atomic mass is 16.6. The van der Waals surface area contributed by atoms with Crippen molar-refractivity contribution < 1.29 is 42.7 Å². The second-order valence-electron chi connectivity index (χ2n) is 11.4. The van der Waals surface area contributed by atoms with Crippen molar-refractivity contribution in [1.29, 1.82) is 0 Å². The Bertz CT molecular complexity index is 1080. The molecule has 2 aromatic carbocycles. The van der Waals surface area contributed by atoms with Crippen molar-refractivity contribution in [3.8, 4) is 11.1 Å². The van der Waals surface area contributed by atoms with Crippen LogP contribution in [0.3, 0.4) is 0 Å². The molecular formula is C37H55NO9. The second-order valence-corrected chi connectivity index (χ2v) is 11.4. The Morgan fingerprint density at radius 2 is 1.04 bits per heavy atom. The normalized spacial score (nSPS) is 12.1. The molecule has 1 aliphatic rings. The van der Waals surface area contributed by atoms with Crippen LogP contribution in [-0.2, 0) is 38.0 Å². The highest BCUT2D eigenvalue weighted by Gasteiger charge is 2.28. The molecule has 0 radical (unpaired) electrons. The van der Waals surface area contributed by atoms with E-state index in [0.29, 0.717) is 79.0 Å². The van der Waals surface area contributed by atoms with Crippen molar-refractivity contribution in [2.24, 2.45) is 0 Å². The van der Waals surface area contributed by atoms with E-state index in [1.807, 2.05) is 24.3 Å². The number of unbranched alkanes of at least 4 members (excludes halogenated alkanes) is 6. The molecule has 0 saturated heterocycles. The van der Waals surface area contributed by atoms with Gasteiger partial charge in [-0.1, -0.05) is 94.0 Å². The molecule has 0 fully saturated rings. The van der Waals surface area contributed by atoms with Crippen molar-refractivity contribution in [1.82, 2.24) is 5.32 Å². The van der Waals surface area contributed by atoms with Gasteiger partial charge in [-0.25, -0.2) is 4.79 Å². The third-order valence-corrected chi connectivity index (χ3v) is 7.82. The first-order valence-corrected chi connectivity index (χ1v) is 17.3. The predicted octanol–water partition coefficient (Wildman–Crippen LogP) is 6.29. The van der Waals surface area contributed by atoms with Crippen LogP contribution in [0, 0.1) is 0 Å². The lowest BCUT2D eigenvalue weighted by atomic mass is 9.98. The zero-order valence-corrected chi connectivity index (χ0v) is 28.2. The summed E-state index contributed by atoms with van der Waals surface area (Å²) in [5.41, 5.74) is 4.78. The van der Waals surface area contributed by atoms with Gasteiger partial charge < -0.3 is 38.5 Å². The number of esters is 1. The van der Waals surface area contributed by atoms with Gasteiger partial charge in [-0.3, -0.25) is 4.79 Å². The van der Waals surface area contributed by atoms with Crippen molar-refractivity contribution in [3.05, 3.63) is 59.7 Å². The van der Waals surface area contributed by atoms with Gasteiger partial charge in [0.1, 0.15) is 13.2 Å². The Kier molecular flexibility index (Phi) is 20.5. The number of fused-ring (bicyclic) bond motifs is 3. The SMILES string of the molecule is CCCCCCCCCC(=O)OCCOCCOCCOCCOCCOCCNC(=O)OCC1c2ccccc2-c2ccccc21. The summed E-state index contributed by atoms with van der Waals surface area (Å²) in [6, 6.07) is 16.5. The minimum atomic E-state index is -0.452. The number of benzene rings is 2. The first-order valence-electron chi connectivity index (χ1n) is 17.3. The summed E-state index contributed by atoms with van der Waals surface area (Å²) in [4.78, 5) is 23.9. The van der Waals surface area contributed by atoms with Crippen molar-refractivity contribution in [2.75, 3.05) is 85.8 Å². The molecule has 10 nitrogen and oxygen atoms in total. The Hall–Kier alpha value is -3.02. The summed E-state index contributed by atoms with van der Waals surface area (Å²) >= 11 is 0. The first kappa shape index (κ1) is 38.4. The number of hydrogen-bond acceptors (Lipinski definition) is 9. The number of amides is 1. The minimum Gasteiger partial charge on any atom is -0.463 e. The van der Waals surface area contributed by atoms with E-state index in [-0.39, 0.29) is 25.1 Å². The minimum absolute atomic E-state index is 0.0391. The maximum atomic E-state index is 12.2. The second kappa shape index (κ2) is 25.1. The largest absolute Gasteiger partial charge is 0.463 e. The summed E-state index contributed by atoms with van der Waals surface area (Å²) in [7, 11) is 0. The Labute approximate surface area is 280 Å². The lowest BCUT2D eigenvalue weighted by Crippen LogP contribution is -2.29. The molecule has 0 heterocycles. The number of carbonyl (C=O) groups excluding carboxylic acids is 2. The molecule has 0 saturated carbocycles. The summed E-state index contributed by atoms with van der Waals surface area (Å²) < 4.78 is 38.1. The van der Waals surface area contributed by atoms with E-state index in [1.54, 1.807) is 0 Å². The van der Waals surface area contributed by atoms with E-state index in [1.165, 1.54) is 54.4 Å². The fraction of sp³-hybridized carbons (Fsp3) is 0.622. The van der Waals surface area contributed by atoms with Crippen molar-refractivity contribution in [2.45, 2.75) is 64.2 Å². The van der Waals surface area contributed by atoms with E-state index in [2.05, 4.69) is 36.5 Å². The summed E-state index contributed by atoms with van der Waals surface area (Å²) in [5, 5.41) is 2.74. The number of hydrogen-bond donors (Lipinski definition) is 1. The van der Waals surface area contributed by atoms with Crippen LogP contribution in [0.25, 0.3) is 11.1 Å². The van der Waals surface area contributed by atoms with Gasteiger partial charge in [-0.2, -0.15) is 0 Å². The van der Waals surface area contributed by atoms with Crippen LogP contribution in [0.2, 0.25) is 0 Å². The van der Waals surface area contributed by atoms with Gasteiger partial charge in [0, 0.05) is 18.9 Å². The van der Waals surface area contributed by atoms with Gasteiger partial charge in [-0.05, 0) is 28.7 Å². The lowest BCUT2D eigenvalue weighted by Gasteiger charge is -2.14. The van der Waals surface area contributed by atoms with Crippen LogP contribution in [0.15, 0.2) is 48.5 Å². The third-order valence-electron chi connectivity index (χ3n) is 7.82. The van der Waals surface area contributed by atoms with E-state index < -0.39 is 6.09 Å². The quantitative estimate of drug-likeness (QED) is 0.0834. The number of ether oxygens (including phenoxy) is 7. The molecule has 47 heavy (non-hydrogen) atoms. The molecule has 2 aromatic rings. The fourth-order valence-electron chi connectivity index (χ4n) is 5.37. The van der Waals surface area contributed by atoms with Gasteiger partial charge in [0.15, 0.2) is 0 Å². The Balaban J connectivity index is 1.02. The smallest absolute Gasteiger partial charge is 0.407 e. The van der Waals surface area contributed by atoms with E-state index >= 15 is 0 Å². The summed E-state index contributed by atoms with van der Waals surface area (Å²) in [5.74, 6) is -0.107. The Morgan fingerprint density at radius 3 is 1.60 bits per heavy atom. The van der Waals surface area contributed by atoms with Crippen LogP contribution in [-0.4, -0.2) is 97.9 Å². The van der Waals surface area contributed by atoms with Crippen LogP contribution < -0.4 is 5.32 Å². The van der Waals surface area contributed by atoms with Crippen LogP contribution in [0.5, 0.6) is 0 Å². The Morgan fingerprint density at radius 1 is 0.574 bits per heavy atom. The maximum Gasteiger partial charge on any atom is 0.407 e. The highest BCUT2D eigenvalue weighted by Crippen LogP contribution is 2.44. The topological polar surface area (TPSA) is 111 Å². The zero-order chi connectivity index (χ0) is 33.2. The summed E-state index contributed by atoms with van der Waals surface area (Å²) in [6.07, 6.45) is 8.32. The molecule has 10 heteroatoms. The molecule has 0 aliphatic heterocycles. The van der Waals surface area contributed by atoms with Gasteiger partial charge in [0.25, 0.3) is 0 Å². The standard InChI is InChI=1S/C37H55NO9/c1-2-3-4-5-6-7-8-17-36(39)46-29-28-45-27-26-44-25-24-43-23-22-42-21-20-41-19-18-38-37(40)47-30-35-33-15-11-9-13-31(33)32-14-10-12-16-34(32)35/h9-16,35H,2-8,17-30H2,1H3,(H,38,40). The molecule has 1 aliphatic carbocycles. The van der Waals surface area contributed by atoms with E-state index in [0.717, 1.165) is 12.8 Å². The molecule has 0 atom stereocenters. The number of alkyl carbamates (subject to hydrolysis) is 1. The average molecular weight is 658 g/mol. The molecule has 1 amide bonds. The molecule has 0 bridgehead atoms. The average Bonchev–Trinajstić information content (AvgIpc) is 3.41. The number of rotatable bonds is 28. The molecule has 3 rings (SSSR count). The van der Waals surface area contributed by atoms with Crippen LogP contribution >= 0.6 is 0 Å². The van der Waals surface area contributed by atoms with Crippen molar-refractivity contribution in [3.63, 3.8) is 0 Å². The molecule has 0 unspecified atom stereocenters. The predicted molar refractivity (Wildman–Crippen MR) is 181 cm³/mol.